The molecule has 106 heavy (non-hydrogen) atoms. The van der Waals surface area contributed by atoms with Crippen LogP contribution in [0, 0.1) is 62.4 Å². The fourth-order valence-electron chi connectivity index (χ4n) is 12.1. The zero-order valence-electron chi connectivity index (χ0n) is 58.5. The minimum absolute atomic E-state index is 0. The molecule has 14 heteroatoms. The van der Waals surface area contributed by atoms with Gasteiger partial charge >= 0.3 is 84.3 Å². The number of benzene rings is 8. The molecule has 0 amide bonds. The number of aryl methyl sites for hydroxylation is 2. The van der Waals surface area contributed by atoms with Crippen LogP contribution in [0.4, 0.5) is 0 Å². The molecule has 532 valence electrons. The van der Waals surface area contributed by atoms with Gasteiger partial charge in [0.15, 0.2) is 0 Å². The molecule has 2 aliphatic heterocycles. The second kappa shape index (κ2) is 41.9. The average molecular weight is 2100 g/mol. The van der Waals surface area contributed by atoms with E-state index in [1.165, 1.54) is 0 Å². The van der Waals surface area contributed by atoms with Crippen LogP contribution in [0.3, 0.4) is 0 Å². The van der Waals surface area contributed by atoms with Crippen molar-refractivity contribution in [2.45, 2.75) is 78.1 Å². The molecule has 8 heterocycles. The number of aliphatic imine (C=N–C) groups is 2. The second-order valence-electron chi connectivity index (χ2n) is 24.9. The number of pyridine rings is 4. The number of hydrogen-bond donors (Lipinski definition) is 0. The first-order valence-electron chi connectivity index (χ1n) is 34.4. The zero-order chi connectivity index (χ0) is 69.3. The standard InChI is InChI=1S/C24H21N3.2C23H18N2.C22H17N3.4Pt/c1-18-13-19(2)27(26-18)24-11-6-9-22(17-24)15-20-7-5-8-21(14-20)16-23-10-3-4-12-25-23;2*1-2-7-18(8-3-1)16-21-11-5-12-22(25-21)17-19-9-4-10-20(15-19)23-13-6-14-24-23;1-2-11-23-21(9-1)16-19-7-3-6-18(14-19)15-20-8-4-10-22(17-20)25-13-5-12-24-25;;;;/h3-13H,15-16H2,1-2H3;2*1-7,9-12,14H,13,16-17H2;1-13H,15-16H2;;;;/q4*-2;4*+2. The van der Waals surface area contributed by atoms with Crippen LogP contribution in [0.2, 0.25) is 0 Å². The predicted octanol–water partition coefficient (Wildman–Crippen LogP) is 17.8. The van der Waals surface area contributed by atoms with Crippen molar-refractivity contribution in [2.24, 2.45) is 9.98 Å². The Hall–Kier alpha value is -9.65. The molecule has 2 aliphatic rings. The van der Waals surface area contributed by atoms with Crippen molar-refractivity contribution in [1.29, 1.82) is 0 Å². The number of rotatable bonds is 20. The van der Waals surface area contributed by atoms with Crippen LogP contribution in [0.1, 0.15) is 125 Å². The van der Waals surface area contributed by atoms with Crippen LogP contribution >= 0.6 is 0 Å². The first-order chi connectivity index (χ1) is 50.3. The molecule has 0 fully saturated rings. The SMILES string of the molecule is Cc1cc(C)n(-c2[c-]c(Cc3[c-]c(Cc4ccccn4)ccc3)ccc2)n1.[Pt+2].[Pt+2].[Pt+2].[Pt+2].[c-]1c(Cc2[c-]c(-n3cccn3)ccc2)cccc1Cc1ccccn1.[c-]1ccccc1Cc1cccc(Cc2[c-]c(C3=NC=CC3)ccc2)n1.[c-]1ccccc1Cc1cccc(Cc2[c-]c(C3=NC=CC3)ccc2)n1. The maximum Gasteiger partial charge on any atom is 2.00 e. The van der Waals surface area contributed by atoms with E-state index in [2.05, 4.69) is 243 Å². The summed E-state index contributed by atoms with van der Waals surface area (Å²) in [5, 5.41) is 8.83. The number of nitrogens with zero attached hydrogens (tertiary/aromatic N) is 10. The minimum atomic E-state index is 0. The minimum Gasteiger partial charge on any atom is -0.309 e. The molecular formula is C92H74N10Pt4. The van der Waals surface area contributed by atoms with Crippen LogP contribution < -0.4 is 0 Å². The first kappa shape index (κ1) is 80.4. The number of aromatic nitrogens is 8. The summed E-state index contributed by atoms with van der Waals surface area (Å²) in [7, 11) is 0. The average Bonchev–Trinajstić information content (AvgIpc) is 1.63. The molecule has 0 aliphatic carbocycles. The van der Waals surface area contributed by atoms with E-state index >= 15 is 0 Å². The Balaban J connectivity index is 0.000000162. The normalized spacial score (nSPS) is 11.5. The fraction of sp³-hybridized carbons (Fsp3) is 0.130. The van der Waals surface area contributed by atoms with Crippen LogP contribution in [0.5, 0.6) is 0 Å². The Morgan fingerprint density at radius 2 is 0.717 bits per heavy atom. The van der Waals surface area contributed by atoms with Crippen molar-refractivity contribution in [3.8, 4) is 11.4 Å². The molecule has 0 saturated heterocycles. The predicted molar refractivity (Wildman–Crippen MR) is 406 cm³/mol. The largest absolute Gasteiger partial charge is 2.00 e. The maximum absolute atomic E-state index is 4.81. The Labute approximate surface area is 681 Å². The summed E-state index contributed by atoms with van der Waals surface area (Å²) in [6.45, 7) is 4.07. The molecule has 0 spiro atoms. The van der Waals surface area contributed by atoms with Gasteiger partial charge in [0.2, 0.25) is 0 Å². The zero-order valence-corrected chi connectivity index (χ0v) is 67.6. The molecule has 0 unspecified atom stereocenters. The molecule has 0 radical (unpaired) electrons. The third kappa shape index (κ3) is 24.5. The van der Waals surface area contributed by atoms with Crippen LogP contribution in [0.25, 0.3) is 11.4 Å². The molecule has 0 N–H and O–H groups in total. The summed E-state index contributed by atoms with van der Waals surface area (Å²) in [6, 6.07) is 110. The van der Waals surface area contributed by atoms with Gasteiger partial charge in [-0.2, -0.15) is 200 Å². The molecule has 0 bridgehead atoms. The van der Waals surface area contributed by atoms with Crippen LogP contribution in [0.15, 0.2) is 302 Å². The smallest absolute Gasteiger partial charge is 0.309 e. The number of hydrogen-bond acceptors (Lipinski definition) is 8. The summed E-state index contributed by atoms with van der Waals surface area (Å²) < 4.78 is 3.77. The van der Waals surface area contributed by atoms with Crippen molar-refractivity contribution < 1.29 is 84.3 Å². The Morgan fingerprint density at radius 1 is 0.340 bits per heavy atom. The van der Waals surface area contributed by atoms with Crippen LogP contribution in [-0.2, 0) is 136 Å². The van der Waals surface area contributed by atoms with E-state index in [1.54, 1.807) is 6.20 Å². The van der Waals surface area contributed by atoms with Gasteiger partial charge in [0.25, 0.3) is 0 Å². The van der Waals surface area contributed by atoms with Gasteiger partial charge in [0, 0.05) is 77.0 Å². The van der Waals surface area contributed by atoms with Crippen molar-refractivity contribution in [1.82, 2.24) is 39.5 Å². The summed E-state index contributed by atoms with van der Waals surface area (Å²) in [4.78, 5) is 27.2. The van der Waals surface area contributed by atoms with Crippen molar-refractivity contribution in [3.63, 3.8) is 0 Å². The van der Waals surface area contributed by atoms with Gasteiger partial charge in [-0.25, -0.2) is 0 Å². The van der Waals surface area contributed by atoms with Gasteiger partial charge in [0.05, 0.1) is 5.69 Å². The molecule has 16 rings (SSSR count). The van der Waals surface area contributed by atoms with Crippen molar-refractivity contribution in [2.75, 3.05) is 0 Å². The fourth-order valence-corrected chi connectivity index (χ4v) is 12.1. The van der Waals surface area contributed by atoms with Gasteiger partial charge in [-0.15, -0.1) is 82.9 Å². The third-order valence-corrected chi connectivity index (χ3v) is 16.8. The first-order valence-corrected chi connectivity index (χ1v) is 34.4. The quantitative estimate of drug-likeness (QED) is 0.0703. The maximum atomic E-state index is 4.81. The van der Waals surface area contributed by atoms with E-state index in [-0.39, 0.29) is 84.3 Å². The van der Waals surface area contributed by atoms with E-state index in [0.717, 1.165) is 199 Å². The van der Waals surface area contributed by atoms with Crippen molar-refractivity contribution in [3.05, 3.63) is 453 Å². The van der Waals surface area contributed by atoms with E-state index < -0.39 is 0 Å². The monoisotopic (exact) mass is 2100 g/mol. The van der Waals surface area contributed by atoms with Gasteiger partial charge < -0.3 is 9.98 Å². The summed E-state index contributed by atoms with van der Waals surface area (Å²) in [6.07, 6.45) is 23.4. The molecule has 10 nitrogen and oxygen atoms in total. The Bertz CT molecular complexity index is 5000. The second-order valence-corrected chi connectivity index (χ2v) is 24.9. The summed E-state index contributed by atoms with van der Waals surface area (Å²) >= 11 is 0. The molecule has 8 aromatic carbocycles. The molecule has 0 atom stereocenters. The third-order valence-electron chi connectivity index (χ3n) is 16.8. The number of allylic oxidation sites excluding steroid dienone is 2. The van der Waals surface area contributed by atoms with E-state index in [0.29, 0.717) is 0 Å². The molecule has 0 saturated carbocycles. The van der Waals surface area contributed by atoms with Gasteiger partial charge in [-0.3, -0.25) is 29.3 Å². The van der Waals surface area contributed by atoms with E-state index in [4.69, 9.17) is 9.97 Å². The van der Waals surface area contributed by atoms with Gasteiger partial charge in [-0.1, -0.05) is 36.4 Å². The topological polar surface area (TPSA) is 112 Å². The molecule has 6 aromatic heterocycles. The van der Waals surface area contributed by atoms with Gasteiger partial charge in [-0.05, 0) is 162 Å². The molecule has 14 aromatic rings. The van der Waals surface area contributed by atoms with Crippen molar-refractivity contribution >= 4 is 11.4 Å². The van der Waals surface area contributed by atoms with E-state index in [1.807, 2.05) is 144 Å². The van der Waals surface area contributed by atoms with E-state index in [9.17, 15) is 0 Å². The van der Waals surface area contributed by atoms with Crippen LogP contribution in [-0.4, -0.2) is 50.9 Å². The summed E-state index contributed by atoms with van der Waals surface area (Å²) in [5.41, 5.74) is 26.3. The summed E-state index contributed by atoms with van der Waals surface area (Å²) in [5.74, 6) is 0. The Kier molecular flexibility index (Phi) is 31.8. The molecular weight excluding hydrogens is 2030 g/mol. The van der Waals surface area contributed by atoms with Gasteiger partial charge in [0.1, 0.15) is 0 Å². The Morgan fingerprint density at radius 3 is 1.12 bits per heavy atom.